The molecule has 0 saturated heterocycles. The van der Waals surface area contributed by atoms with Crippen LogP contribution in [0.4, 0.5) is 0 Å². The third-order valence-corrected chi connectivity index (χ3v) is 5.35. The molecule has 1 unspecified atom stereocenters. The Morgan fingerprint density at radius 1 is 0.850 bits per heavy atom. The van der Waals surface area contributed by atoms with E-state index in [0.29, 0.717) is 0 Å². The smallest absolute Gasteiger partial charge is 0.0938 e. The van der Waals surface area contributed by atoms with E-state index >= 15 is 0 Å². The van der Waals surface area contributed by atoms with Gasteiger partial charge in [-0.25, -0.2) is 0 Å². The first-order valence-electron chi connectivity index (χ1n) is 6.54. The number of thioether (sulfide) groups is 2. The Kier molecular flexibility index (Phi) is 6.25. The van der Waals surface area contributed by atoms with Gasteiger partial charge < -0.3 is 5.11 Å². The van der Waals surface area contributed by atoms with Gasteiger partial charge in [0, 0.05) is 9.79 Å². The van der Waals surface area contributed by atoms with Gasteiger partial charge in [0.1, 0.15) is 0 Å². The van der Waals surface area contributed by atoms with Crippen molar-refractivity contribution >= 4 is 23.5 Å². The molecule has 2 rings (SSSR count). The molecule has 3 heteroatoms. The molecule has 0 amide bonds. The van der Waals surface area contributed by atoms with Gasteiger partial charge in [0.2, 0.25) is 0 Å². The molecule has 0 aromatic heterocycles. The molecular formula is C17H18OS2. The Morgan fingerprint density at radius 3 is 1.70 bits per heavy atom. The van der Waals surface area contributed by atoms with Gasteiger partial charge in [0.15, 0.2) is 0 Å². The molecule has 1 N–H and O–H groups in total. The molecule has 0 radical (unpaired) electrons. The van der Waals surface area contributed by atoms with Crippen molar-refractivity contribution < 1.29 is 5.11 Å². The first-order chi connectivity index (χ1) is 9.79. The lowest BCUT2D eigenvalue weighted by Gasteiger charge is -2.19. The van der Waals surface area contributed by atoms with E-state index in [0.717, 1.165) is 0 Å². The number of hydrogen-bond donors (Lipinski definition) is 1. The molecule has 1 atom stereocenters. The van der Waals surface area contributed by atoms with Crippen molar-refractivity contribution in [2.24, 2.45) is 0 Å². The van der Waals surface area contributed by atoms with E-state index in [1.54, 1.807) is 23.5 Å². The largest absolute Gasteiger partial charge is 0.387 e. The van der Waals surface area contributed by atoms with Crippen molar-refractivity contribution in [1.82, 2.24) is 0 Å². The Morgan fingerprint density at radius 2 is 1.30 bits per heavy atom. The fraction of sp³-hybridized carbons (Fsp3) is 0.176. The Labute approximate surface area is 129 Å². The predicted octanol–water partition coefficient (Wildman–Crippen LogP) is 4.83. The highest BCUT2D eigenvalue weighted by molar-refractivity contribution is 8.17. The molecule has 0 aliphatic rings. The summed E-state index contributed by atoms with van der Waals surface area (Å²) in [6.07, 6.45) is 3.26. The van der Waals surface area contributed by atoms with Crippen LogP contribution in [-0.4, -0.2) is 15.8 Å². The molecule has 0 bridgehead atoms. The van der Waals surface area contributed by atoms with Crippen molar-refractivity contribution in [2.45, 2.75) is 27.4 Å². The fourth-order valence-electron chi connectivity index (χ4n) is 1.72. The van der Waals surface area contributed by atoms with Gasteiger partial charge >= 0.3 is 0 Å². The maximum atomic E-state index is 10.3. The minimum Gasteiger partial charge on any atom is -0.387 e. The summed E-state index contributed by atoms with van der Waals surface area (Å²) < 4.78 is 0.0380. The molecule has 1 nitrogen and oxygen atoms in total. The molecule has 20 heavy (non-hydrogen) atoms. The monoisotopic (exact) mass is 302 g/mol. The van der Waals surface area contributed by atoms with E-state index in [4.69, 9.17) is 0 Å². The van der Waals surface area contributed by atoms with Gasteiger partial charge in [-0.1, -0.05) is 48.6 Å². The highest BCUT2D eigenvalue weighted by atomic mass is 32.2. The molecule has 0 aliphatic carbocycles. The van der Waals surface area contributed by atoms with Gasteiger partial charge in [0.25, 0.3) is 0 Å². The number of hydrogen-bond acceptors (Lipinski definition) is 3. The van der Waals surface area contributed by atoms with Crippen molar-refractivity contribution in [3.05, 3.63) is 72.8 Å². The SMILES string of the molecule is C/C=C/C(O)C(Sc1ccccc1)Sc1ccccc1. The average Bonchev–Trinajstić information content (AvgIpc) is 2.49. The quantitative estimate of drug-likeness (QED) is 0.469. The lowest BCUT2D eigenvalue weighted by molar-refractivity contribution is 0.241. The Balaban J connectivity index is 2.12. The number of allylic oxidation sites excluding steroid dienone is 1. The van der Waals surface area contributed by atoms with Crippen molar-refractivity contribution in [3.63, 3.8) is 0 Å². The normalized spacial score (nSPS) is 12.9. The third-order valence-electron chi connectivity index (χ3n) is 2.66. The second-order valence-electron chi connectivity index (χ2n) is 4.25. The van der Waals surface area contributed by atoms with Crippen LogP contribution in [0.3, 0.4) is 0 Å². The predicted molar refractivity (Wildman–Crippen MR) is 89.2 cm³/mol. The summed E-state index contributed by atoms with van der Waals surface area (Å²) in [5.74, 6) is 0. The van der Waals surface area contributed by atoms with Gasteiger partial charge in [0.05, 0.1) is 10.7 Å². The minimum atomic E-state index is -0.476. The van der Waals surface area contributed by atoms with Crippen LogP contribution < -0.4 is 0 Å². The summed E-state index contributed by atoms with van der Waals surface area (Å²) in [6.45, 7) is 1.93. The zero-order valence-electron chi connectivity index (χ0n) is 11.3. The summed E-state index contributed by atoms with van der Waals surface area (Å²) in [5.41, 5.74) is 0. The van der Waals surface area contributed by atoms with Gasteiger partial charge in [-0.05, 0) is 31.2 Å². The summed E-state index contributed by atoms with van der Waals surface area (Å²) in [6, 6.07) is 20.4. The van der Waals surface area contributed by atoms with E-state index in [2.05, 4.69) is 24.3 Å². The van der Waals surface area contributed by atoms with E-state index in [9.17, 15) is 5.11 Å². The Hall–Kier alpha value is -1.16. The van der Waals surface area contributed by atoms with Gasteiger partial charge in [-0.3, -0.25) is 0 Å². The first-order valence-corrected chi connectivity index (χ1v) is 8.30. The molecule has 0 aliphatic heterocycles. The highest BCUT2D eigenvalue weighted by Gasteiger charge is 2.19. The molecule has 0 saturated carbocycles. The second-order valence-corrected chi connectivity index (χ2v) is 6.97. The third kappa shape index (κ3) is 4.75. The second kappa shape index (κ2) is 8.20. The van der Waals surface area contributed by atoms with E-state index in [1.165, 1.54) is 9.79 Å². The van der Waals surface area contributed by atoms with E-state index in [1.807, 2.05) is 55.5 Å². The summed E-state index contributed by atoms with van der Waals surface area (Å²) >= 11 is 3.39. The van der Waals surface area contributed by atoms with Crippen LogP contribution in [0.25, 0.3) is 0 Å². The number of aliphatic hydroxyl groups excluding tert-OH is 1. The molecule has 104 valence electrons. The van der Waals surface area contributed by atoms with E-state index < -0.39 is 6.10 Å². The van der Waals surface area contributed by atoms with Crippen LogP contribution in [-0.2, 0) is 0 Å². The maximum absolute atomic E-state index is 10.3. The number of rotatable bonds is 6. The van der Waals surface area contributed by atoms with Crippen LogP contribution in [0.15, 0.2) is 82.6 Å². The average molecular weight is 302 g/mol. The fourth-order valence-corrected chi connectivity index (χ4v) is 4.20. The molecule has 2 aromatic rings. The lowest BCUT2D eigenvalue weighted by atomic mass is 10.3. The maximum Gasteiger partial charge on any atom is 0.0938 e. The summed E-state index contributed by atoms with van der Waals surface area (Å²) in [4.78, 5) is 2.34. The van der Waals surface area contributed by atoms with Crippen LogP contribution in [0.1, 0.15) is 6.92 Å². The first kappa shape index (κ1) is 15.2. The van der Waals surface area contributed by atoms with Crippen LogP contribution in [0, 0.1) is 0 Å². The van der Waals surface area contributed by atoms with Crippen molar-refractivity contribution in [2.75, 3.05) is 0 Å². The molecule has 0 fully saturated rings. The topological polar surface area (TPSA) is 20.2 Å². The van der Waals surface area contributed by atoms with Gasteiger partial charge in [-0.2, -0.15) is 0 Å². The summed E-state index contributed by atoms with van der Waals surface area (Å²) in [5, 5.41) is 10.3. The lowest BCUT2D eigenvalue weighted by Crippen LogP contribution is -2.17. The van der Waals surface area contributed by atoms with Crippen LogP contribution in [0.2, 0.25) is 0 Å². The van der Waals surface area contributed by atoms with Crippen molar-refractivity contribution in [3.8, 4) is 0 Å². The molecule has 0 heterocycles. The summed E-state index contributed by atoms with van der Waals surface area (Å²) in [7, 11) is 0. The number of benzene rings is 2. The van der Waals surface area contributed by atoms with Crippen LogP contribution >= 0.6 is 23.5 Å². The number of aliphatic hydroxyl groups is 1. The van der Waals surface area contributed by atoms with Crippen molar-refractivity contribution in [1.29, 1.82) is 0 Å². The minimum absolute atomic E-state index is 0.0380. The molecular weight excluding hydrogens is 284 g/mol. The highest BCUT2D eigenvalue weighted by Crippen LogP contribution is 2.37. The molecule has 2 aromatic carbocycles. The van der Waals surface area contributed by atoms with Gasteiger partial charge in [-0.15, -0.1) is 23.5 Å². The Bertz CT molecular complexity index is 484. The standard InChI is InChI=1S/C17H18OS2/c1-2-9-16(18)17(19-14-10-5-3-6-11-14)20-15-12-7-4-8-13-15/h2-13,16-18H,1H3/b9-2+. The zero-order chi connectivity index (χ0) is 14.2. The molecule has 0 spiro atoms. The van der Waals surface area contributed by atoms with E-state index in [-0.39, 0.29) is 4.58 Å². The zero-order valence-corrected chi connectivity index (χ0v) is 13.0. The van der Waals surface area contributed by atoms with Crippen LogP contribution in [0.5, 0.6) is 0 Å².